The molecule has 23 heavy (non-hydrogen) atoms. The average Bonchev–Trinajstić information content (AvgIpc) is 3.34. The quantitative estimate of drug-likeness (QED) is 0.801. The molecule has 1 saturated carbocycles. The van der Waals surface area contributed by atoms with Crippen LogP contribution in [0.2, 0.25) is 0 Å². The lowest BCUT2D eigenvalue weighted by molar-refractivity contribution is 0.0701. The van der Waals surface area contributed by atoms with Crippen LogP contribution in [0.15, 0.2) is 42.6 Å². The number of carboxylic acid groups (broad SMARTS) is 1. The van der Waals surface area contributed by atoms with Gasteiger partial charge in [-0.2, -0.15) is 5.26 Å². The number of pyridine rings is 1. The molecule has 1 atom stereocenters. The molecule has 114 valence electrons. The maximum atomic E-state index is 11.6. The summed E-state index contributed by atoms with van der Waals surface area (Å²) in [6.45, 7) is 0. The largest absolute Gasteiger partial charge is 0.478 e. The van der Waals surface area contributed by atoms with E-state index in [0.29, 0.717) is 22.6 Å². The monoisotopic (exact) mass is 306 g/mol. The van der Waals surface area contributed by atoms with Crippen molar-refractivity contribution in [3.05, 3.63) is 48.2 Å². The summed E-state index contributed by atoms with van der Waals surface area (Å²) in [6.07, 6.45) is 3.37. The van der Waals surface area contributed by atoms with E-state index in [1.807, 2.05) is 22.6 Å². The number of fused-ring (bicyclic) bond motifs is 3. The molecule has 1 unspecified atom stereocenters. The first-order valence-corrected chi connectivity index (χ1v) is 7.51. The lowest BCUT2D eigenvalue weighted by Gasteiger charge is -2.12. The number of carboxylic acids is 1. The van der Waals surface area contributed by atoms with Gasteiger partial charge in [-0.05, 0) is 31.0 Å². The zero-order valence-electron chi connectivity index (χ0n) is 12.3. The van der Waals surface area contributed by atoms with Crippen LogP contribution in [0.25, 0.3) is 16.4 Å². The van der Waals surface area contributed by atoms with Crippen molar-refractivity contribution in [2.24, 2.45) is 5.92 Å². The summed E-state index contributed by atoms with van der Waals surface area (Å²) in [5, 5.41) is 19.4. The molecule has 1 fully saturated rings. The first kappa shape index (κ1) is 13.6. The number of carbonyl (C=O) groups is 1. The van der Waals surface area contributed by atoms with Gasteiger partial charge in [-0.1, -0.05) is 18.2 Å². The van der Waals surface area contributed by atoms with E-state index in [0.717, 1.165) is 18.4 Å². The number of ether oxygens (including phenoxy) is 1. The Morgan fingerprint density at radius 1 is 1.26 bits per heavy atom. The smallest absolute Gasteiger partial charge is 0.338 e. The number of aromatic carboxylic acids is 1. The number of rotatable bonds is 4. The molecule has 0 saturated heterocycles. The minimum Gasteiger partial charge on any atom is -0.478 e. The van der Waals surface area contributed by atoms with Crippen LogP contribution in [0.5, 0.6) is 5.75 Å². The highest BCUT2D eigenvalue weighted by molar-refractivity contribution is 6.11. The molecule has 2 aromatic heterocycles. The van der Waals surface area contributed by atoms with Crippen molar-refractivity contribution >= 4 is 22.4 Å². The Labute approximate surface area is 132 Å². The van der Waals surface area contributed by atoms with Crippen LogP contribution in [0, 0.1) is 17.2 Å². The summed E-state index contributed by atoms with van der Waals surface area (Å²) in [4.78, 5) is 11.6. The first-order chi connectivity index (χ1) is 11.2. The van der Waals surface area contributed by atoms with E-state index < -0.39 is 12.1 Å². The summed E-state index contributed by atoms with van der Waals surface area (Å²) in [5.74, 6) is -0.0643. The standard InChI is InChI=1S/C18H14N2O3/c19-9-16(11-5-6-11)23-12-7-8-15-17(18(21)22)13-3-1-2-4-14(13)20(15)10-12/h1-4,7-8,10-11,16H,5-6H2,(H,21,22). The molecule has 0 amide bonds. The fourth-order valence-corrected chi connectivity index (χ4v) is 2.99. The minimum atomic E-state index is -0.953. The molecule has 0 spiro atoms. The van der Waals surface area contributed by atoms with Gasteiger partial charge >= 0.3 is 5.97 Å². The van der Waals surface area contributed by atoms with Crippen molar-refractivity contribution in [3.8, 4) is 11.8 Å². The predicted molar refractivity (Wildman–Crippen MR) is 84.6 cm³/mol. The second kappa shape index (κ2) is 5.03. The molecule has 1 aliphatic carbocycles. The van der Waals surface area contributed by atoms with E-state index in [1.165, 1.54) is 0 Å². The van der Waals surface area contributed by atoms with Crippen molar-refractivity contribution < 1.29 is 14.6 Å². The zero-order chi connectivity index (χ0) is 16.0. The average molecular weight is 306 g/mol. The van der Waals surface area contributed by atoms with Crippen molar-refractivity contribution in [2.75, 3.05) is 0 Å². The molecule has 5 heteroatoms. The van der Waals surface area contributed by atoms with Gasteiger partial charge in [0, 0.05) is 11.3 Å². The molecule has 4 rings (SSSR count). The summed E-state index contributed by atoms with van der Waals surface area (Å²) in [6, 6.07) is 13.0. The normalized spacial score (nSPS) is 15.4. The van der Waals surface area contributed by atoms with Crippen molar-refractivity contribution in [1.82, 2.24) is 4.40 Å². The Morgan fingerprint density at radius 2 is 2.04 bits per heavy atom. The SMILES string of the molecule is N#CC(Oc1ccc2c(C(=O)O)c3ccccc3n2c1)C1CC1. The number of benzene rings is 1. The van der Waals surface area contributed by atoms with Crippen LogP contribution in [-0.4, -0.2) is 21.6 Å². The molecule has 1 N–H and O–H groups in total. The number of nitrogens with zero attached hydrogens (tertiary/aromatic N) is 2. The summed E-state index contributed by atoms with van der Waals surface area (Å²) >= 11 is 0. The Kier molecular flexibility index (Phi) is 2.98. The molecule has 1 aliphatic rings. The van der Waals surface area contributed by atoms with Crippen molar-refractivity contribution in [1.29, 1.82) is 5.26 Å². The van der Waals surface area contributed by atoms with Gasteiger partial charge in [0.15, 0.2) is 6.10 Å². The molecule has 0 bridgehead atoms. The van der Waals surface area contributed by atoms with E-state index in [2.05, 4.69) is 6.07 Å². The summed E-state index contributed by atoms with van der Waals surface area (Å²) in [7, 11) is 0. The molecule has 5 nitrogen and oxygen atoms in total. The Bertz CT molecular complexity index is 963. The first-order valence-electron chi connectivity index (χ1n) is 7.51. The number of nitriles is 1. The van der Waals surface area contributed by atoms with Crippen LogP contribution >= 0.6 is 0 Å². The van der Waals surface area contributed by atoms with Gasteiger partial charge in [0.25, 0.3) is 0 Å². The Hall–Kier alpha value is -3.00. The number of para-hydroxylation sites is 1. The van der Waals surface area contributed by atoms with Crippen LogP contribution in [0.3, 0.4) is 0 Å². The van der Waals surface area contributed by atoms with Crippen LogP contribution in [0.1, 0.15) is 23.2 Å². The minimum absolute atomic E-state index is 0.283. The van der Waals surface area contributed by atoms with Crippen molar-refractivity contribution in [3.63, 3.8) is 0 Å². The Balaban J connectivity index is 1.87. The molecule has 1 aromatic carbocycles. The summed E-state index contributed by atoms with van der Waals surface area (Å²) in [5.41, 5.74) is 1.71. The third-order valence-corrected chi connectivity index (χ3v) is 4.26. The number of aromatic nitrogens is 1. The van der Waals surface area contributed by atoms with Gasteiger partial charge < -0.3 is 14.2 Å². The third-order valence-electron chi connectivity index (χ3n) is 4.26. The van der Waals surface area contributed by atoms with Gasteiger partial charge in [0.2, 0.25) is 0 Å². The van der Waals surface area contributed by atoms with Gasteiger partial charge in [-0.3, -0.25) is 0 Å². The van der Waals surface area contributed by atoms with E-state index >= 15 is 0 Å². The van der Waals surface area contributed by atoms with Crippen LogP contribution in [0.4, 0.5) is 0 Å². The van der Waals surface area contributed by atoms with E-state index in [-0.39, 0.29) is 5.56 Å². The zero-order valence-corrected chi connectivity index (χ0v) is 12.3. The highest BCUT2D eigenvalue weighted by atomic mass is 16.5. The maximum Gasteiger partial charge on any atom is 0.338 e. The molecular weight excluding hydrogens is 292 g/mol. The van der Waals surface area contributed by atoms with Gasteiger partial charge in [-0.15, -0.1) is 0 Å². The molecule has 0 radical (unpaired) electrons. The van der Waals surface area contributed by atoms with Crippen LogP contribution in [-0.2, 0) is 0 Å². The lowest BCUT2D eigenvalue weighted by atomic mass is 10.1. The molecule has 3 aromatic rings. The third kappa shape index (κ3) is 2.20. The highest BCUT2D eigenvalue weighted by Crippen LogP contribution is 2.35. The van der Waals surface area contributed by atoms with Gasteiger partial charge in [0.05, 0.1) is 22.8 Å². The highest BCUT2D eigenvalue weighted by Gasteiger charge is 2.33. The van der Waals surface area contributed by atoms with E-state index in [4.69, 9.17) is 4.74 Å². The number of hydrogen-bond donors (Lipinski definition) is 1. The topological polar surface area (TPSA) is 74.7 Å². The van der Waals surface area contributed by atoms with Crippen molar-refractivity contribution in [2.45, 2.75) is 18.9 Å². The molecule has 0 aliphatic heterocycles. The maximum absolute atomic E-state index is 11.6. The second-order valence-corrected chi connectivity index (χ2v) is 5.82. The van der Waals surface area contributed by atoms with E-state index in [1.54, 1.807) is 24.4 Å². The lowest BCUT2D eigenvalue weighted by Crippen LogP contribution is -2.16. The van der Waals surface area contributed by atoms with Gasteiger partial charge in [-0.25, -0.2) is 4.79 Å². The molecule has 2 heterocycles. The second-order valence-electron chi connectivity index (χ2n) is 5.82. The predicted octanol–water partition coefficient (Wildman–Crippen LogP) is 3.47. The van der Waals surface area contributed by atoms with Crippen LogP contribution < -0.4 is 4.74 Å². The fourth-order valence-electron chi connectivity index (χ4n) is 2.99. The summed E-state index contributed by atoms with van der Waals surface area (Å²) < 4.78 is 7.60. The fraction of sp³-hybridized carbons (Fsp3) is 0.222. The van der Waals surface area contributed by atoms with E-state index in [9.17, 15) is 15.2 Å². The van der Waals surface area contributed by atoms with Gasteiger partial charge in [0.1, 0.15) is 11.8 Å². The molecular formula is C18H14N2O3. The Morgan fingerprint density at radius 3 is 2.74 bits per heavy atom. The number of hydrogen-bond acceptors (Lipinski definition) is 3.